The molecule has 0 aliphatic carbocycles. The van der Waals surface area contributed by atoms with Crippen LogP contribution >= 0.6 is 11.6 Å². The van der Waals surface area contributed by atoms with Crippen LogP contribution < -0.4 is 11.5 Å². The van der Waals surface area contributed by atoms with E-state index < -0.39 is 24.0 Å². The van der Waals surface area contributed by atoms with Crippen LogP contribution in [0.3, 0.4) is 0 Å². The number of rotatable bonds is 2. The summed E-state index contributed by atoms with van der Waals surface area (Å²) >= 11 is 5.83. The van der Waals surface area contributed by atoms with E-state index in [1.165, 1.54) is 17.0 Å². The quantitative estimate of drug-likeness (QED) is 0.663. The zero-order valence-corrected chi connectivity index (χ0v) is 10.8. The summed E-state index contributed by atoms with van der Waals surface area (Å²) in [7, 11) is 0. The Morgan fingerprint density at radius 2 is 2.11 bits per heavy atom. The van der Waals surface area contributed by atoms with Gasteiger partial charge in [-0.1, -0.05) is 11.6 Å². The minimum Gasteiger partial charge on any atom is -0.398 e. The van der Waals surface area contributed by atoms with Crippen LogP contribution in [0.1, 0.15) is 16.8 Å². The third kappa shape index (κ3) is 2.64. The van der Waals surface area contributed by atoms with Crippen molar-refractivity contribution in [3.63, 3.8) is 0 Å². The van der Waals surface area contributed by atoms with Crippen LogP contribution in [0.5, 0.6) is 0 Å². The van der Waals surface area contributed by atoms with E-state index in [0.29, 0.717) is 5.02 Å². The summed E-state index contributed by atoms with van der Waals surface area (Å²) in [6, 6.07) is 3.70. The molecule has 1 saturated heterocycles. The Balaban J connectivity index is 2.33. The molecular weight excluding hydrogens is 270 g/mol. The van der Waals surface area contributed by atoms with Crippen molar-refractivity contribution in [1.29, 1.82) is 0 Å². The van der Waals surface area contributed by atoms with Crippen molar-refractivity contribution in [3.8, 4) is 0 Å². The lowest BCUT2D eigenvalue weighted by Gasteiger charge is -2.22. The third-order valence-electron chi connectivity index (χ3n) is 3.11. The number of carbonyl (C=O) groups excluding carboxylic acids is 2. The number of β-amino-alcohol motifs (C(OH)–C–C–N with tert-alkyl or cyclic N) is 1. The Morgan fingerprint density at radius 1 is 1.42 bits per heavy atom. The number of benzene rings is 1. The number of hydrogen-bond donors (Lipinski definition) is 3. The van der Waals surface area contributed by atoms with Crippen LogP contribution in [0.4, 0.5) is 5.69 Å². The lowest BCUT2D eigenvalue weighted by molar-refractivity contribution is -0.121. The maximum atomic E-state index is 12.3. The van der Waals surface area contributed by atoms with Crippen molar-refractivity contribution in [2.24, 2.45) is 5.73 Å². The van der Waals surface area contributed by atoms with Gasteiger partial charge in [0.1, 0.15) is 6.04 Å². The number of aliphatic hydroxyl groups is 1. The minimum atomic E-state index is -0.819. The number of nitrogen functional groups attached to an aromatic ring is 1. The minimum absolute atomic E-state index is 0.0540. The SMILES string of the molecule is NC(=O)C1CC(O)CN1C(=O)c1cc(Cl)ccc1N. The summed E-state index contributed by atoms with van der Waals surface area (Å²) in [6.07, 6.45) is -0.622. The molecule has 1 aliphatic heterocycles. The van der Waals surface area contributed by atoms with E-state index in [1.54, 1.807) is 6.07 Å². The molecule has 0 radical (unpaired) electrons. The van der Waals surface area contributed by atoms with Crippen LogP contribution in [0.25, 0.3) is 0 Å². The van der Waals surface area contributed by atoms with Crippen molar-refractivity contribution < 1.29 is 14.7 Å². The molecule has 19 heavy (non-hydrogen) atoms. The first-order chi connectivity index (χ1) is 8.90. The highest BCUT2D eigenvalue weighted by molar-refractivity contribution is 6.31. The largest absolute Gasteiger partial charge is 0.398 e. The van der Waals surface area contributed by atoms with Crippen molar-refractivity contribution in [1.82, 2.24) is 4.90 Å². The van der Waals surface area contributed by atoms with Gasteiger partial charge >= 0.3 is 0 Å². The van der Waals surface area contributed by atoms with Gasteiger partial charge in [0.2, 0.25) is 5.91 Å². The zero-order chi connectivity index (χ0) is 14.2. The molecule has 6 nitrogen and oxygen atoms in total. The van der Waals surface area contributed by atoms with Gasteiger partial charge in [0.15, 0.2) is 0 Å². The molecule has 0 bridgehead atoms. The number of anilines is 1. The fraction of sp³-hybridized carbons (Fsp3) is 0.333. The van der Waals surface area contributed by atoms with E-state index >= 15 is 0 Å². The van der Waals surface area contributed by atoms with Crippen molar-refractivity contribution in [2.45, 2.75) is 18.6 Å². The summed E-state index contributed by atoms with van der Waals surface area (Å²) < 4.78 is 0. The highest BCUT2D eigenvalue weighted by Crippen LogP contribution is 2.24. The molecule has 102 valence electrons. The Hall–Kier alpha value is -1.79. The molecule has 7 heteroatoms. The molecule has 2 amide bonds. The number of likely N-dealkylation sites (tertiary alicyclic amines) is 1. The standard InChI is InChI=1S/C12H14ClN3O3/c13-6-1-2-9(14)8(3-6)12(19)16-5-7(17)4-10(16)11(15)18/h1-3,7,10,17H,4-5,14H2,(H2,15,18). The average molecular weight is 284 g/mol. The molecule has 0 saturated carbocycles. The molecule has 1 aliphatic rings. The molecule has 1 aromatic rings. The molecule has 0 spiro atoms. The first-order valence-electron chi connectivity index (χ1n) is 5.73. The molecule has 2 atom stereocenters. The van der Waals surface area contributed by atoms with Crippen LogP contribution in [-0.2, 0) is 4.79 Å². The normalized spacial score (nSPS) is 22.5. The van der Waals surface area contributed by atoms with Gasteiger partial charge in [-0.3, -0.25) is 9.59 Å². The van der Waals surface area contributed by atoms with Crippen LogP contribution in [0, 0.1) is 0 Å². The molecule has 1 aromatic carbocycles. The molecule has 1 heterocycles. The molecule has 2 unspecified atom stereocenters. The highest BCUT2D eigenvalue weighted by atomic mass is 35.5. The third-order valence-corrected chi connectivity index (χ3v) is 3.35. The second-order valence-electron chi connectivity index (χ2n) is 4.50. The highest BCUT2D eigenvalue weighted by Gasteiger charge is 2.38. The average Bonchev–Trinajstić information content (AvgIpc) is 2.74. The first-order valence-corrected chi connectivity index (χ1v) is 6.11. The van der Waals surface area contributed by atoms with E-state index in [1.807, 2.05) is 0 Å². The van der Waals surface area contributed by atoms with Crippen molar-refractivity contribution in [2.75, 3.05) is 12.3 Å². The Morgan fingerprint density at radius 3 is 2.74 bits per heavy atom. The summed E-state index contributed by atoms with van der Waals surface area (Å²) in [4.78, 5) is 24.9. The molecular formula is C12H14ClN3O3. The van der Waals surface area contributed by atoms with Gasteiger partial charge in [-0.05, 0) is 18.2 Å². The van der Waals surface area contributed by atoms with Crippen molar-refractivity contribution >= 4 is 29.1 Å². The maximum absolute atomic E-state index is 12.3. The number of nitrogens with two attached hydrogens (primary N) is 2. The number of primary amides is 1. The van der Waals surface area contributed by atoms with Gasteiger partial charge < -0.3 is 21.5 Å². The van der Waals surface area contributed by atoms with E-state index in [-0.39, 0.29) is 24.2 Å². The Kier molecular flexibility index (Phi) is 3.64. The monoisotopic (exact) mass is 283 g/mol. The van der Waals surface area contributed by atoms with Gasteiger partial charge in [-0.15, -0.1) is 0 Å². The van der Waals surface area contributed by atoms with Gasteiger partial charge in [-0.25, -0.2) is 0 Å². The lowest BCUT2D eigenvalue weighted by Crippen LogP contribution is -2.43. The number of aliphatic hydroxyl groups excluding tert-OH is 1. The zero-order valence-electron chi connectivity index (χ0n) is 10.0. The van der Waals surface area contributed by atoms with Crippen molar-refractivity contribution in [3.05, 3.63) is 28.8 Å². The number of carbonyl (C=O) groups is 2. The maximum Gasteiger partial charge on any atom is 0.256 e. The molecule has 2 rings (SSSR count). The van der Waals surface area contributed by atoms with Gasteiger partial charge in [0.25, 0.3) is 5.91 Å². The summed E-state index contributed by atoms with van der Waals surface area (Å²) in [5.41, 5.74) is 11.4. The smallest absolute Gasteiger partial charge is 0.256 e. The van der Waals surface area contributed by atoms with Crippen LogP contribution in [0.2, 0.25) is 5.02 Å². The second-order valence-corrected chi connectivity index (χ2v) is 4.93. The summed E-state index contributed by atoms with van der Waals surface area (Å²) in [5.74, 6) is -1.11. The molecule has 0 aromatic heterocycles. The van der Waals surface area contributed by atoms with Gasteiger partial charge in [0, 0.05) is 23.7 Å². The number of hydrogen-bond acceptors (Lipinski definition) is 4. The molecule has 5 N–H and O–H groups in total. The number of halogens is 1. The summed E-state index contributed by atoms with van der Waals surface area (Å²) in [5, 5.41) is 9.95. The Labute approximate surface area is 114 Å². The fourth-order valence-corrected chi connectivity index (χ4v) is 2.35. The van der Waals surface area contributed by atoms with E-state index in [0.717, 1.165) is 0 Å². The first kappa shape index (κ1) is 13.6. The van der Waals surface area contributed by atoms with Gasteiger partial charge in [-0.2, -0.15) is 0 Å². The molecule has 1 fully saturated rings. The number of nitrogens with zero attached hydrogens (tertiary/aromatic N) is 1. The van der Waals surface area contributed by atoms with E-state index in [4.69, 9.17) is 23.1 Å². The Bertz CT molecular complexity index is 535. The fourth-order valence-electron chi connectivity index (χ4n) is 2.18. The topological polar surface area (TPSA) is 110 Å². The van der Waals surface area contributed by atoms with E-state index in [9.17, 15) is 14.7 Å². The summed E-state index contributed by atoms with van der Waals surface area (Å²) in [6.45, 7) is 0.0540. The second kappa shape index (κ2) is 5.07. The predicted octanol–water partition coefficient (Wildman–Crippen LogP) is -0.0171. The van der Waals surface area contributed by atoms with E-state index in [2.05, 4.69) is 0 Å². The predicted molar refractivity (Wildman–Crippen MR) is 70.5 cm³/mol. The lowest BCUT2D eigenvalue weighted by atomic mass is 10.1. The number of amides is 2. The van der Waals surface area contributed by atoms with Crippen LogP contribution in [-0.4, -0.2) is 40.5 Å². The van der Waals surface area contributed by atoms with Crippen LogP contribution in [0.15, 0.2) is 18.2 Å². The van der Waals surface area contributed by atoms with Gasteiger partial charge in [0.05, 0.1) is 11.7 Å².